The number of carbonyl (C=O) groups excluding carboxylic acids is 1. The lowest BCUT2D eigenvalue weighted by atomic mass is 10.1. The van der Waals surface area contributed by atoms with Crippen LogP contribution in [0.25, 0.3) is 0 Å². The Morgan fingerprint density at radius 2 is 2.16 bits per heavy atom. The fourth-order valence-electron chi connectivity index (χ4n) is 2.02. The summed E-state index contributed by atoms with van der Waals surface area (Å²) >= 11 is 3.35. The van der Waals surface area contributed by atoms with E-state index in [2.05, 4.69) is 31.4 Å². The fourth-order valence-corrected chi connectivity index (χ4v) is 2.29. The Balaban J connectivity index is 1.80. The van der Waals surface area contributed by atoms with Gasteiger partial charge in [0, 0.05) is 27.8 Å². The number of hydrogen-bond donors (Lipinski definition) is 2. The van der Waals surface area contributed by atoms with E-state index in [0.29, 0.717) is 18.9 Å². The Morgan fingerprint density at radius 3 is 2.95 bits per heavy atom. The lowest BCUT2D eigenvalue weighted by molar-refractivity contribution is 0.0985. The minimum absolute atomic E-state index is 0.217. The number of nitrogens with zero attached hydrogens (tertiary/aromatic N) is 1. The quantitative estimate of drug-likeness (QED) is 0.893. The van der Waals surface area contributed by atoms with E-state index in [1.807, 2.05) is 24.3 Å². The molecule has 1 aromatic carbocycles. The van der Waals surface area contributed by atoms with Crippen LogP contribution in [0.2, 0.25) is 0 Å². The molecule has 2 N–H and O–H groups in total. The van der Waals surface area contributed by atoms with Crippen LogP contribution in [0.4, 0.5) is 5.69 Å². The number of halogens is 1. The Hall–Kier alpha value is -1.66. The number of aromatic amines is 1. The molecule has 0 bridgehead atoms. The summed E-state index contributed by atoms with van der Waals surface area (Å²) in [6.45, 7) is 1.11. The first kappa shape index (κ1) is 12.4. The topological polar surface area (TPSA) is 67.0 Å². The summed E-state index contributed by atoms with van der Waals surface area (Å²) < 4.78 is 6.33. The third-order valence-electron chi connectivity index (χ3n) is 3.01. The summed E-state index contributed by atoms with van der Waals surface area (Å²) in [6.07, 6.45) is 0.772. The molecule has 0 saturated heterocycles. The molecule has 1 amide bonds. The van der Waals surface area contributed by atoms with Gasteiger partial charge in [-0.2, -0.15) is 5.10 Å². The maximum absolute atomic E-state index is 12.2. The second-order valence-electron chi connectivity index (χ2n) is 4.29. The maximum atomic E-state index is 12.2. The third-order valence-corrected chi connectivity index (χ3v) is 3.54. The van der Waals surface area contributed by atoms with Crippen molar-refractivity contribution in [2.45, 2.75) is 13.0 Å². The Morgan fingerprint density at radius 1 is 1.37 bits per heavy atom. The highest BCUT2D eigenvalue weighted by molar-refractivity contribution is 9.10. The molecule has 0 fully saturated rings. The van der Waals surface area contributed by atoms with Gasteiger partial charge in [-0.05, 0) is 24.3 Å². The van der Waals surface area contributed by atoms with Crippen LogP contribution in [-0.4, -0.2) is 22.7 Å². The van der Waals surface area contributed by atoms with E-state index in [0.717, 1.165) is 27.8 Å². The smallest absolute Gasteiger partial charge is 0.276 e. The number of ether oxygens (including phenoxy) is 1. The molecule has 0 saturated carbocycles. The van der Waals surface area contributed by atoms with Gasteiger partial charge in [0.1, 0.15) is 0 Å². The average molecular weight is 322 g/mol. The number of fused-ring (bicyclic) bond motifs is 1. The highest BCUT2D eigenvalue weighted by Gasteiger charge is 2.22. The molecule has 1 aliphatic heterocycles. The zero-order valence-corrected chi connectivity index (χ0v) is 11.7. The van der Waals surface area contributed by atoms with Gasteiger partial charge in [0.25, 0.3) is 5.91 Å². The third kappa shape index (κ3) is 2.54. The van der Waals surface area contributed by atoms with Gasteiger partial charge in [-0.15, -0.1) is 0 Å². The van der Waals surface area contributed by atoms with Gasteiger partial charge in [0.2, 0.25) is 0 Å². The number of aromatic nitrogens is 2. The molecular weight excluding hydrogens is 310 g/mol. The Labute approximate surface area is 118 Å². The molecule has 5 nitrogen and oxygen atoms in total. The molecule has 1 aromatic heterocycles. The minimum atomic E-state index is -0.217. The number of benzene rings is 1. The lowest BCUT2D eigenvalue weighted by Crippen LogP contribution is -2.17. The summed E-state index contributed by atoms with van der Waals surface area (Å²) in [5, 5.41) is 9.81. The second kappa shape index (κ2) is 5.14. The van der Waals surface area contributed by atoms with Crippen molar-refractivity contribution in [1.82, 2.24) is 10.2 Å². The molecule has 3 rings (SSSR count). The molecule has 98 valence electrons. The van der Waals surface area contributed by atoms with Crippen LogP contribution in [0.15, 0.2) is 28.7 Å². The molecule has 2 aromatic rings. The molecule has 1 aliphatic rings. The number of anilines is 1. The molecule has 6 heteroatoms. The van der Waals surface area contributed by atoms with Gasteiger partial charge in [-0.25, -0.2) is 0 Å². The van der Waals surface area contributed by atoms with E-state index in [4.69, 9.17) is 4.74 Å². The number of hydrogen-bond acceptors (Lipinski definition) is 3. The van der Waals surface area contributed by atoms with Crippen LogP contribution < -0.4 is 5.32 Å². The molecule has 0 atom stereocenters. The van der Waals surface area contributed by atoms with Crippen molar-refractivity contribution in [2.75, 3.05) is 11.9 Å². The maximum Gasteiger partial charge on any atom is 0.276 e. The van der Waals surface area contributed by atoms with Crippen LogP contribution in [0, 0.1) is 0 Å². The van der Waals surface area contributed by atoms with Gasteiger partial charge in [0.15, 0.2) is 5.69 Å². The minimum Gasteiger partial charge on any atom is -0.376 e. The van der Waals surface area contributed by atoms with E-state index < -0.39 is 0 Å². The summed E-state index contributed by atoms with van der Waals surface area (Å²) in [7, 11) is 0. The molecule has 2 heterocycles. The van der Waals surface area contributed by atoms with Gasteiger partial charge in [-0.3, -0.25) is 9.89 Å². The summed E-state index contributed by atoms with van der Waals surface area (Å²) in [4.78, 5) is 12.2. The lowest BCUT2D eigenvalue weighted by Gasteiger charge is -2.12. The van der Waals surface area contributed by atoms with Crippen molar-refractivity contribution >= 4 is 27.5 Å². The van der Waals surface area contributed by atoms with Crippen LogP contribution in [0.5, 0.6) is 0 Å². The van der Waals surface area contributed by atoms with Gasteiger partial charge in [-0.1, -0.05) is 15.9 Å². The van der Waals surface area contributed by atoms with E-state index in [1.165, 1.54) is 0 Å². The molecule has 19 heavy (non-hydrogen) atoms. The predicted octanol–water partition coefficient (Wildman–Crippen LogP) is 2.50. The van der Waals surface area contributed by atoms with Crippen LogP contribution in [0.1, 0.15) is 21.7 Å². The van der Waals surface area contributed by atoms with Gasteiger partial charge in [0.05, 0.1) is 13.2 Å². The zero-order valence-electron chi connectivity index (χ0n) is 10.1. The predicted molar refractivity (Wildman–Crippen MR) is 74.0 cm³/mol. The first-order chi connectivity index (χ1) is 9.24. The summed E-state index contributed by atoms with van der Waals surface area (Å²) in [5.74, 6) is -0.217. The molecule has 0 radical (unpaired) electrons. The number of H-pyrrole nitrogens is 1. The first-order valence-electron chi connectivity index (χ1n) is 5.95. The second-order valence-corrected chi connectivity index (χ2v) is 5.21. The number of nitrogens with one attached hydrogen (secondary N) is 2. The molecule has 0 aliphatic carbocycles. The number of carbonyl (C=O) groups is 1. The Kier molecular flexibility index (Phi) is 3.35. The largest absolute Gasteiger partial charge is 0.376 e. The SMILES string of the molecule is O=C(Nc1ccc(Br)cc1)c1n[nH]c2c1COCC2. The molecule has 0 unspecified atom stereocenters. The highest BCUT2D eigenvalue weighted by Crippen LogP contribution is 2.20. The zero-order chi connectivity index (χ0) is 13.2. The van der Waals surface area contributed by atoms with Gasteiger partial charge >= 0.3 is 0 Å². The highest BCUT2D eigenvalue weighted by atomic mass is 79.9. The van der Waals surface area contributed by atoms with E-state index in [-0.39, 0.29) is 5.91 Å². The van der Waals surface area contributed by atoms with Crippen molar-refractivity contribution in [3.8, 4) is 0 Å². The van der Waals surface area contributed by atoms with Crippen molar-refractivity contribution in [3.05, 3.63) is 45.7 Å². The van der Waals surface area contributed by atoms with Crippen molar-refractivity contribution in [3.63, 3.8) is 0 Å². The van der Waals surface area contributed by atoms with Crippen LogP contribution in [0.3, 0.4) is 0 Å². The number of rotatable bonds is 2. The molecular formula is C13H12BrN3O2. The standard InChI is InChI=1S/C13H12BrN3O2/c14-8-1-3-9(4-2-8)15-13(18)12-10-7-19-6-5-11(10)16-17-12/h1-4H,5-7H2,(H,15,18)(H,16,17). The van der Waals surface area contributed by atoms with Crippen LogP contribution in [-0.2, 0) is 17.8 Å². The van der Waals surface area contributed by atoms with Crippen LogP contribution >= 0.6 is 15.9 Å². The fraction of sp³-hybridized carbons (Fsp3) is 0.231. The molecule has 0 spiro atoms. The van der Waals surface area contributed by atoms with Gasteiger partial charge < -0.3 is 10.1 Å². The number of amides is 1. The van der Waals surface area contributed by atoms with E-state index >= 15 is 0 Å². The van der Waals surface area contributed by atoms with E-state index in [9.17, 15) is 4.79 Å². The normalized spacial score (nSPS) is 13.9. The first-order valence-corrected chi connectivity index (χ1v) is 6.74. The van der Waals surface area contributed by atoms with Crippen molar-refractivity contribution < 1.29 is 9.53 Å². The Bertz CT molecular complexity index is 607. The summed E-state index contributed by atoms with van der Waals surface area (Å²) in [5.41, 5.74) is 3.01. The van der Waals surface area contributed by atoms with E-state index in [1.54, 1.807) is 0 Å². The monoisotopic (exact) mass is 321 g/mol. The van der Waals surface area contributed by atoms with Crippen molar-refractivity contribution in [1.29, 1.82) is 0 Å². The summed E-state index contributed by atoms with van der Waals surface area (Å²) in [6, 6.07) is 7.41. The van der Waals surface area contributed by atoms with Crippen molar-refractivity contribution in [2.24, 2.45) is 0 Å². The average Bonchev–Trinajstić information content (AvgIpc) is 2.85.